The summed E-state index contributed by atoms with van der Waals surface area (Å²) in [6, 6.07) is 0.101. The number of aromatic nitrogens is 2. The van der Waals surface area contributed by atoms with Crippen LogP contribution in [0.25, 0.3) is 0 Å². The molecule has 1 aromatic rings. The summed E-state index contributed by atoms with van der Waals surface area (Å²) < 4.78 is 1.43. The van der Waals surface area contributed by atoms with Gasteiger partial charge in [-0.05, 0) is 21.0 Å². The van der Waals surface area contributed by atoms with Gasteiger partial charge in [0.2, 0.25) is 5.82 Å². The fourth-order valence-corrected chi connectivity index (χ4v) is 1.54. The lowest BCUT2D eigenvalue weighted by Crippen LogP contribution is -2.30. The van der Waals surface area contributed by atoms with Crippen LogP contribution in [-0.4, -0.2) is 46.3 Å². The van der Waals surface area contributed by atoms with E-state index in [1.807, 2.05) is 25.9 Å². The van der Waals surface area contributed by atoms with E-state index in [-0.39, 0.29) is 11.7 Å². The Hall–Kier alpha value is -1.63. The minimum atomic E-state index is -0.433. The van der Waals surface area contributed by atoms with Crippen molar-refractivity contribution in [3.8, 4) is 0 Å². The number of aryl methyl sites for hydroxylation is 1. The van der Waals surface area contributed by atoms with E-state index in [0.717, 1.165) is 6.54 Å². The van der Waals surface area contributed by atoms with E-state index in [1.165, 1.54) is 10.9 Å². The van der Waals surface area contributed by atoms with E-state index in [0.29, 0.717) is 5.82 Å². The van der Waals surface area contributed by atoms with E-state index >= 15 is 0 Å². The monoisotopic (exact) mass is 227 g/mol. The summed E-state index contributed by atoms with van der Waals surface area (Å²) in [5.74, 6) is 0.321. The molecule has 90 valence electrons. The van der Waals surface area contributed by atoms with Crippen molar-refractivity contribution in [2.45, 2.75) is 13.0 Å². The van der Waals surface area contributed by atoms with Crippen molar-refractivity contribution < 1.29 is 4.92 Å². The standard InChI is InChI=1S/C9H17N5O2/c1-7(5-12(2)3)10-9-8(14(15)16)6-13(4)11-9/h6-7H,5H2,1-4H3,(H,10,11). The van der Waals surface area contributed by atoms with Crippen molar-refractivity contribution in [1.29, 1.82) is 0 Å². The van der Waals surface area contributed by atoms with Crippen molar-refractivity contribution >= 4 is 11.5 Å². The summed E-state index contributed by atoms with van der Waals surface area (Å²) in [5, 5.41) is 17.8. The third kappa shape index (κ3) is 3.20. The average Bonchev–Trinajstić information content (AvgIpc) is 2.44. The summed E-state index contributed by atoms with van der Waals surface area (Å²) in [7, 11) is 5.56. The van der Waals surface area contributed by atoms with Gasteiger partial charge in [-0.1, -0.05) is 0 Å². The minimum Gasteiger partial charge on any atom is -0.359 e. The minimum absolute atomic E-state index is 0.00751. The summed E-state index contributed by atoms with van der Waals surface area (Å²) >= 11 is 0. The highest BCUT2D eigenvalue weighted by Crippen LogP contribution is 2.21. The van der Waals surface area contributed by atoms with E-state index in [4.69, 9.17) is 0 Å². The van der Waals surface area contributed by atoms with Crippen LogP contribution in [0.5, 0.6) is 0 Å². The second-order valence-corrected chi connectivity index (χ2v) is 4.10. The van der Waals surface area contributed by atoms with Gasteiger partial charge in [-0.3, -0.25) is 14.8 Å². The molecular formula is C9H17N5O2. The van der Waals surface area contributed by atoms with Crippen molar-refractivity contribution in [2.75, 3.05) is 26.0 Å². The van der Waals surface area contributed by atoms with Gasteiger partial charge in [0.15, 0.2) is 0 Å². The maximum Gasteiger partial charge on any atom is 0.330 e. The molecular weight excluding hydrogens is 210 g/mol. The molecule has 0 fully saturated rings. The summed E-state index contributed by atoms with van der Waals surface area (Å²) in [4.78, 5) is 12.3. The van der Waals surface area contributed by atoms with E-state index in [9.17, 15) is 10.1 Å². The Morgan fingerprint density at radius 3 is 2.81 bits per heavy atom. The molecule has 0 spiro atoms. The maximum atomic E-state index is 10.7. The molecule has 0 saturated heterocycles. The molecule has 0 aromatic carbocycles. The van der Waals surface area contributed by atoms with Gasteiger partial charge in [-0.15, -0.1) is 5.10 Å². The van der Waals surface area contributed by atoms with E-state index in [1.54, 1.807) is 7.05 Å². The molecule has 1 aromatic heterocycles. The first-order valence-corrected chi connectivity index (χ1v) is 4.99. The number of nitro groups is 1. The van der Waals surface area contributed by atoms with Crippen LogP contribution in [-0.2, 0) is 7.05 Å². The Morgan fingerprint density at radius 2 is 2.31 bits per heavy atom. The fourth-order valence-electron chi connectivity index (χ4n) is 1.54. The summed E-state index contributed by atoms with van der Waals surface area (Å²) in [5.41, 5.74) is 0.00751. The van der Waals surface area contributed by atoms with Crippen molar-refractivity contribution in [3.63, 3.8) is 0 Å². The molecule has 1 atom stereocenters. The third-order valence-corrected chi connectivity index (χ3v) is 2.03. The van der Waals surface area contributed by atoms with Crippen LogP contribution in [0.15, 0.2) is 6.20 Å². The highest BCUT2D eigenvalue weighted by Gasteiger charge is 2.19. The van der Waals surface area contributed by atoms with Gasteiger partial charge in [-0.2, -0.15) is 0 Å². The van der Waals surface area contributed by atoms with Crippen molar-refractivity contribution in [1.82, 2.24) is 14.7 Å². The predicted molar refractivity (Wildman–Crippen MR) is 61.5 cm³/mol. The second kappa shape index (κ2) is 4.93. The van der Waals surface area contributed by atoms with Crippen LogP contribution in [0.4, 0.5) is 11.5 Å². The quantitative estimate of drug-likeness (QED) is 0.591. The van der Waals surface area contributed by atoms with Gasteiger partial charge in [-0.25, -0.2) is 0 Å². The topological polar surface area (TPSA) is 76.2 Å². The maximum absolute atomic E-state index is 10.7. The molecule has 0 radical (unpaired) electrons. The highest BCUT2D eigenvalue weighted by molar-refractivity contribution is 5.54. The van der Waals surface area contributed by atoms with E-state index < -0.39 is 4.92 Å². The molecule has 0 aliphatic carbocycles. The average molecular weight is 227 g/mol. The molecule has 0 aliphatic heterocycles. The Balaban J connectivity index is 2.76. The van der Waals surface area contributed by atoms with Gasteiger partial charge < -0.3 is 10.2 Å². The number of likely N-dealkylation sites (N-methyl/N-ethyl adjacent to an activating group) is 1. The smallest absolute Gasteiger partial charge is 0.330 e. The van der Waals surface area contributed by atoms with Crippen LogP contribution >= 0.6 is 0 Å². The molecule has 0 amide bonds. The predicted octanol–water partition coefficient (Wildman–Crippen LogP) is 0.690. The molecule has 0 aliphatic rings. The Labute approximate surface area is 94.2 Å². The zero-order valence-electron chi connectivity index (χ0n) is 9.97. The van der Waals surface area contributed by atoms with Gasteiger partial charge >= 0.3 is 5.69 Å². The fraction of sp³-hybridized carbons (Fsp3) is 0.667. The second-order valence-electron chi connectivity index (χ2n) is 4.10. The lowest BCUT2D eigenvalue weighted by Gasteiger charge is -2.17. The van der Waals surface area contributed by atoms with Gasteiger partial charge in [0, 0.05) is 19.6 Å². The first-order chi connectivity index (χ1) is 7.40. The third-order valence-electron chi connectivity index (χ3n) is 2.03. The Bertz CT molecular complexity index is 374. The Kier molecular flexibility index (Phi) is 3.83. The van der Waals surface area contributed by atoms with Crippen LogP contribution in [0.3, 0.4) is 0 Å². The number of nitrogens with one attached hydrogen (secondary N) is 1. The molecule has 0 bridgehead atoms. The van der Waals surface area contributed by atoms with Crippen LogP contribution in [0, 0.1) is 10.1 Å². The molecule has 7 nitrogen and oxygen atoms in total. The normalized spacial score (nSPS) is 12.8. The zero-order valence-corrected chi connectivity index (χ0v) is 9.97. The first-order valence-electron chi connectivity index (χ1n) is 4.99. The Morgan fingerprint density at radius 1 is 1.69 bits per heavy atom. The van der Waals surface area contributed by atoms with Crippen LogP contribution in [0.2, 0.25) is 0 Å². The van der Waals surface area contributed by atoms with Gasteiger partial charge in [0.05, 0.1) is 4.92 Å². The highest BCUT2D eigenvalue weighted by atomic mass is 16.6. The van der Waals surface area contributed by atoms with E-state index in [2.05, 4.69) is 10.4 Å². The molecule has 7 heteroatoms. The van der Waals surface area contributed by atoms with Crippen LogP contribution < -0.4 is 5.32 Å². The molecule has 1 rings (SSSR count). The summed E-state index contributed by atoms with van der Waals surface area (Å²) in [6.45, 7) is 2.74. The SMILES string of the molecule is CC(CN(C)C)Nc1nn(C)cc1[N+](=O)[O-]. The molecule has 1 heterocycles. The zero-order chi connectivity index (χ0) is 12.3. The number of hydrogen-bond acceptors (Lipinski definition) is 5. The van der Waals surface area contributed by atoms with Gasteiger partial charge in [0.1, 0.15) is 6.20 Å². The number of hydrogen-bond donors (Lipinski definition) is 1. The number of nitrogens with zero attached hydrogens (tertiary/aromatic N) is 4. The number of rotatable bonds is 5. The molecule has 1 N–H and O–H groups in total. The first kappa shape index (κ1) is 12.4. The molecule has 16 heavy (non-hydrogen) atoms. The summed E-state index contributed by atoms with van der Waals surface area (Å²) in [6.07, 6.45) is 1.39. The molecule has 1 unspecified atom stereocenters. The lowest BCUT2D eigenvalue weighted by atomic mass is 10.3. The molecule has 0 saturated carbocycles. The van der Waals surface area contributed by atoms with Crippen LogP contribution in [0.1, 0.15) is 6.92 Å². The number of anilines is 1. The largest absolute Gasteiger partial charge is 0.359 e. The van der Waals surface area contributed by atoms with Crippen molar-refractivity contribution in [2.24, 2.45) is 7.05 Å². The lowest BCUT2D eigenvalue weighted by molar-refractivity contribution is -0.384. The van der Waals surface area contributed by atoms with Crippen molar-refractivity contribution in [3.05, 3.63) is 16.3 Å². The van der Waals surface area contributed by atoms with Gasteiger partial charge in [0.25, 0.3) is 0 Å².